The predicted octanol–water partition coefficient (Wildman–Crippen LogP) is 4.11. The molecule has 0 spiro atoms. The Morgan fingerprint density at radius 1 is 1.21 bits per heavy atom. The fourth-order valence-electron chi connectivity index (χ4n) is 2.29. The lowest BCUT2D eigenvalue weighted by Gasteiger charge is -2.14. The molecule has 0 aliphatic rings. The average Bonchev–Trinajstić information content (AvgIpc) is 2.58. The van der Waals surface area contributed by atoms with E-state index in [0.29, 0.717) is 16.6 Å². The van der Waals surface area contributed by atoms with Crippen LogP contribution in [-0.4, -0.2) is 25.7 Å². The van der Waals surface area contributed by atoms with Crippen LogP contribution in [0.2, 0.25) is 5.02 Å². The summed E-state index contributed by atoms with van der Waals surface area (Å²) in [6.07, 6.45) is 0.958. The van der Waals surface area contributed by atoms with Crippen LogP contribution in [0.15, 0.2) is 48.5 Å². The number of hydrogen-bond acceptors (Lipinski definition) is 3. The van der Waals surface area contributed by atoms with Gasteiger partial charge in [-0.3, -0.25) is 4.79 Å². The first-order valence-corrected chi connectivity index (χ1v) is 8.35. The normalized spacial score (nSPS) is 12.0. The van der Waals surface area contributed by atoms with Gasteiger partial charge in [-0.25, -0.2) is 0 Å². The molecule has 2 rings (SSSR count). The molecule has 1 atom stereocenters. The van der Waals surface area contributed by atoms with Gasteiger partial charge in [-0.2, -0.15) is 0 Å². The highest BCUT2D eigenvalue weighted by Gasteiger charge is 2.10. The van der Waals surface area contributed by atoms with Crippen LogP contribution >= 0.6 is 11.6 Å². The molecule has 2 N–H and O–H groups in total. The minimum atomic E-state index is -0.209. The Bertz CT molecular complexity index is 676. The molecule has 1 unspecified atom stereocenters. The van der Waals surface area contributed by atoms with E-state index >= 15 is 0 Å². The zero-order valence-corrected chi connectivity index (χ0v) is 14.8. The molecule has 0 saturated carbocycles. The molecule has 4 nitrogen and oxygen atoms in total. The zero-order chi connectivity index (χ0) is 17.4. The number of carbonyl (C=O) groups is 1. The lowest BCUT2D eigenvalue weighted by atomic mass is 10.1. The van der Waals surface area contributed by atoms with Gasteiger partial charge in [0.05, 0.1) is 10.6 Å². The second-order valence-electron chi connectivity index (χ2n) is 5.70. The second kappa shape index (κ2) is 9.42. The van der Waals surface area contributed by atoms with E-state index in [0.717, 1.165) is 30.8 Å². The third-order valence-corrected chi connectivity index (χ3v) is 4.04. The van der Waals surface area contributed by atoms with Crippen LogP contribution < -0.4 is 10.6 Å². The third-order valence-electron chi connectivity index (χ3n) is 3.71. The van der Waals surface area contributed by atoms with Crippen molar-refractivity contribution in [2.75, 3.05) is 19.0 Å². The number of ether oxygens (including phenoxy) is 1. The van der Waals surface area contributed by atoms with E-state index in [2.05, 4.69) is 17.6 Å². The van der Waals surface area contributed by atoms with E-state index in [1.54, 1.807) is 31.4 Å². The number of halogens is 1. The van der Waals surface area contributed by atoms with Crippen LogP contribution in [-0.2, 0) is 11.3 Å². The van der Waals surface area contributed by atoms with Gasteiger partial charge in [0, 0.05) is 32.0 Å². The number of amides is 1. The van der Waals surface area contributed by atoms with Crippen molar-refractivity contribution in [3.05, 3.63) is 64.7 Å². The summed E-state index contributed by atoms with van der Waals surface area (Å²) in [7, 11) is 1.71. The van der Waals surface area contributed by atoms with Crippen LogP contribution in [0.25, 0.3) is 0 Å². The van der Waals surface area contributed by atoms with Crippen molar-refractivity contribution in [1.29, 1.82) is 0 Å². The van der Waals surface area contributed by atoms with E-state index in [-0.39, 0.29) is 5.91 Å². The summed E-state index contributed by atoms with van der Waals surface area (Å²) in [6.45, 7) is 3.60. The molecule has 24 heavy (non-hydrogen) atoms. The first kappa shape index (κ1) is 18.5. The molecule has 5 heteroatoms. The summed E-state index contributed by atoms with van der Waals surface area (Å²) in [4.78, 5) is 12.3. The minimum absolute atomic E-state index is 0.209. The van der Waals surface area contributed by atoms with E-state index in [1.165, 1.54) is 0 Å². The number of rotatable bonds is 8. The molecule has 2 aromatic rings. The molecule has 0 saturated heterocycles. The van der Waals surface area contributed by atoms with Gasteiger partial charge >= 0.3 is 0 Å². The predicted molar refractivity (Wildman–Crippen MR) is 98.6 cm³/mol. The Labute approximate surface area is 148 Å². The maximum absolute atomic E-state index is 12.3. The largest absolute Gasteiger partial charge is 0.385 e. The Kier molecular flexibility index (Phi) is 7.25. The zero-order valence-electron chi connectivity index (χ0n) is 14.0. The number of methoxy groups -OCH3 is 1. The van der Waals surface area contributed by atoms with Crippen LogP contribution in [0, 0.1) is 0 Å². The molecular formula is C19H23ClN2O2. The van der Waals surface area contributed by atoms with Gasteiger partial charge in [0.1, 0.15) is 0 Å². The second-order valence-corrected chi connectivity index (χ2v) is 6.10. The molecule has 0 heterocycles. The summed E-state index contributed by atoms with van der Waals surface area (Å²) >= 11 is 6.06. The summed E-state index contributed by atoms with van der Waals surface area (Å²) in [5.41, 5.74) is 2.33. The van der Waals surface area contributed by atoms with Crippen LogP contribution in [0.1, 0.15) is 29.3 Å². The Morgan fingerprint density at radius 3 is 2.75 bits per heavy atom. The van der Waals surface area contributed by atoms with Gasteiger partial charge in [-0.1, -0.05) is 35.9 Å². The van der Waals surface area contributed by atoms with Crippen LogP contribution in [0.5, 0.6) is 0 Å². The topological polar surface area (TPSA) is 50.4 Å². The van der Waals surface area contributed by atoms with E-state index < -0.39 is 0 Å². The Balaban J connectivity index is 1.95. The molecule has 0 aliphatic carbocycles. The van der Waals surface area contributed by atoms with Gasteiger partial charge < -0.3 is 15.4 Å². The minimum Gasteiger partial charge on any atom is -0.385 e. The van der Waals surface area contributed by atoms with Gasteiger partial charge in [-0.05, 0) is 43.2 Å². The highest BCUT2D eigenvalue weighted by Crippen LogP contribution is 2.18. The van der Waals surface area contributed by atoms with Gasteiger partial charge in [0.2, 0.25) is 0 Å². The molecule has 1 amide bonds. The van der Waals surface area contributed by atoms with Crippen molar-refractivity contribution in [2.24, 2.45) is 0 Å². The summed E-state index contributed by atoms with van der Waals surface area (Å²) < 4.78 is 5.08. The monoisotopic (exact) mass is 346 g/mol. The smallest absolute Gasteiger partial charge is 0.257 e. The average molecular weight is 347 g/mol. The number of benzene rings is 2. The number of hydrogen-bond donors (Lipinski definition) is 2. The molecule has 0 aliphatic heterocycles. The lowest BCUT2D eigenvalue weighted by molar-refractivity contribution is 0.102. The number of nitrogens with one attached hydrogen (secondary N) is 2. The molecular weight excluding hydrogens is 324 g/mol. The molecule has 128 valence electrons. The SMILES string of the molecule is COCCC(C)NCc1cccc(NC(=O)c2ccccc2Cl)c1. The van der Waals surface area contributed by atoms with Crippen LogP contribution in [0.3, 0.4) is 0 Å². The Hall–Kier alpha value is -1.88. The maximum Gasteiger partial charge on any atom is 0.257 e. The molecule has 2 aromatic carbocycles. The van der Waals surface area contributed by atoms with Gasteiger partial charge in [0.25, 0.3) is 5.91 Å². The fraction of sp³-hybridized carbons (Fsp3) is 0.316. The highest BCUT2D eigenvalue weighted by atomic mass is 35.5. The van der Waals surface area contributed by atoms with Crippen molar-refractivity contribution < 1.29 is 9.53 Å². The standard InChI is InChI=1S/C19H23ClN2O2/c1-14(10-11-24-2)21-13-15-6-5-7-16(12-15)22-19(23)17-8-3-4-9-18(17)20/h3-9,12,14,21H,10-11,13H2,1-2H3,(H,22,23). The first-order chi connectivity index (χ1) is 11.6. The van der Waals surface area contributed by atoms with E-state index in [9.17, 15) is 4.79 Å². The molecule has 0 radical (unpaired) electrons. The highest BCUT2D eigenvalue weighted by molar-refractivity contribution is 6.34. The Morgan fingerprint density at radius 2 is 2.00 bits per heavy atom. The van der Waals surface area contributed by atoms with Crippen molar-refractivity contribution in [1.82, 2.24) is 5.32 Å². The lowest BCUT2D eigenvalue weighted by Crippen LogP contribution is -2.26. The molecule has 0 bridgehead atoms. The van der Waals surface area contributed by atoms with E-state index in [4.69, 9.17) is 16.3 Å². The van der Waals surface area contributed by atoms with Gasteiger partial charge in [-0.15, -0.1) is 0 Å². The van der Waals surface area contributed by atoms with Crippen molar-refractivity contribution >= 4 is 23.2 Å². The fourth-order valence-corrected chi connectivity index (χ4v) is 2.51. The van der Waals surface area contributed by atoms with Gasteiger partial charge in [0.15, 0.2) is 0 Å². The molecule has 0 fully saturated rings. The van der Waals surface area contributed by atoms with Crippen LogP contribution in [0.4, 0.5) is 5.69 Å². The number of carbonyl (C=O) groups excluding carboxylic acids is 1. The first-order valence-electron chi connectivity index (χ1n) is 7.97. The number of anilines is 1. The maximum atomic E-state index is 12.3. The van der Waals surface area contributed by atoms with Crippen molar-refractivity contribution in [3.8, 4) is 0 Å². The molecule has 0 aromatic heterocycles. The quantitative estimate of drug-likeness (QED) is 0.756. The van der Waals surface area contributed by atoms with Crippen molar-refractivity contribution in [2.45, 2.75) is 25.9 Å². The summed E-state index contributed by atoms with van der Waals surface area (Å²) in [6, 6.07) is 15.2. The third kappa shape index (κ3) is 5.64. The summed E-state index contributed by atoms with van der Waals surface area (Å²) in [5.74, 6) is -0.209. The van der Waals surface area contributed by atoms with Crippen molar-refractivity contribution in [3.63, 3.8) is 0 Å². The summed E-state index contributed by atoms with van der Waals surface area (Å²) in [5, 5.41) is 6.78. The van der Waals surface area contributed by atoms with E-state index in [1.807, 2.05) is 24.3 Å².